The molecule has 0 aliphatic carbocycles. The van der Waals surface area contributed by atoms with E-state index in [0.717, 1.165) is 5.56 Å². The van der Waals surface area contributed by atoms with E-state index in [2.05, 4.69) is 11.3 Å². The van der Waals surface area contributed by atoms with Crippen molar-refractivity contribution in [1.29, 1.82) is 4.78 Å². The number of rotatable bonds is 8. The van der Waals surface area contributed by atoms with Crippen LogP contribution in [0.15, 0.2) is 43.0 Å². The van der Waals surface area contributed by atoms with Gasteiger partial charge in [0.2, 0.25) is 0 Å². The van der Waals surface area contributed by atoms with Crippen LogP contribution < -0.4 is 4.72 Å². The van der Waals surface area contributed by atoms with E-state index in [4.69, 9.17) is 9.52 Å². The molecule has 3 atom stereocenters. The van der Waals surface area contributed by atoms with Crippen molar-refractivity contribution in [3.63, 3.8) is 0 Å². The molecule has 0 spiro atoms. The molecule has 3 unspecified atom stereocenters. The lowest BCUT2D eigenvalue weighted by atomic mass is 10.1. The predicted molar refractivity (Wildman–Crippen MR) is 88.8 cm³/mol. The molecule has 1 rings (SSSR count). The lowest BCUT2D eigenvalue weighted by Crippen LogP contribution is -2.37. The number of carbonyl (C=O) groups is 1. The number of ether oxygens (including phenoxy) is 1. The Morgan fingerprint density at radius 1 is 1.45 bits per heavy atom. The summed E-state index contributed by atoms with van der Waals surface area (Å²) < 4.78 is 27.7. The van der Waals surface area contributed by atoms with Crippen molar-refractivity contribution < 1.29 is 13.7 Å². The first-order valence-corrected chi connectivity index (χ1v) is 8.94. The maximum Gasteiger partial charge on any atom is 0.420 e. The summed E-state index contributed by atoms with van der Waals surface area (Å²) in [7, 11) is -3.24. The van der Waals surface area contributed by atoms with Gasteiger partial charge in [-0.2, -0.15) is 0 Å². The Labute approximate surface area is 132 Å². The molecule has 5 nitrogen and oxygen atoms in total. The molecule has 0 aromatic heterocycles. The predicted octanol–water partition coefficient (Wildman–Crippen LogP) is 4.18. The molecule has 122 valence electrons. The van der Waals surface area contributed by atoms with Crippen molar-refractivity contribution in [2.24, 2.45) is 0 Å². The van der Waals surface area contributed by atoms with Crippen LogP contribution in [0, 0.1) is 4.78 Å². The van der Waals surface area contributed by atoms with E-state index in [-0.39, 0.29) is 0 Å². The SMILES string of the molecule is C=CCCC(CC)S(=N)(=O)NC(=O)OC(C)c1ccccc1. The number of allylic oxidation sites excluding steroid dienone is 1. The molecule has 0 fully saturated rings. The molecule has 0 radical (unpaired) electrons. The fourth-order valence-electron chi connectivity index (χ4n) is 2.09. The van der Waals surface area contributed by atoms with Crippen LogP contribution in [0.3, 0.4) is 0 Å². The molecule has 1 amide bonds. The minimum Gasteiger partial charge on any atom is -0.441 e. The molecule has 1 aromatic rings. The van der Waals surface area contributed by atoms with E-state index in [1.54, 1.807) is 13.0 Å². The van der Waals surface area contributed by atoms with Crippen LogP contribution in [0.1, 0.15) is 44.8 Å². The van der Waals surface area contributed by atoms with Gasteiger partial charge in [0, 0.05) is 0 Å². The normalized spacial score (nSPS) is 16.1. The van der Waals surface area contributed by atoms with Gasteiger partial charge in [-0.05, 0) is 31.7 Å². The van der Waals surface area contributed by atoms with E-state index >= 15 is 0 Å². The monoisotopic (exact) mass is 324 g/mol. The Kier molecular flexibility index (Phi) is 7.11. The maximum absolute atomic E-state index is 12.4. The summed E-state index contributed by atoms with van der Waals surface area (Å²) in [6, 6.07) is 9.26. The third kappa shape index (κ3) is 5.52. The minimum absolute atomic E-state index is 0.412. The molecule has 2 N–H and O–H groups in total. The zero-order valence-electron chi connectivity index (χ0n) is 13.1. The van der Waals surface area contributed by atoms with Gasteiger partial charge in [-0.3, -0.25) is 0 Å². The zero-order chi connectivity index (χ0) is 16.6. The summed E-state index contributed by atoms with van der Waals surface area (Å²) in [6.45, 7) is 7.20. The fraction of sp³-hybridized carbons (Fsp3) is 0.438. The van der Waals surface area contributed by atoms with Gasteiger partial charge in [-0.15, -0.1) is 6.58 Å². The molecule has 0 saturated heterocycles. The molecule has 0 heterocycles. The van der Waals surface area contributed by atoms with Gasteiger partial charge in [0.15, 0.2) is 0 Å². The van der Waals surface area contributed by atoms with E-state index in [1.165, 1.54) is 0 Å². The minimum atomic E-state index is -3.24. The Hall–Kier alpha value is -1.82. The highest BCUT2D eigenvalue weighted by Gasteiger charge is 2.23. The van der Waals surface area contributed by atoms with Crippen LogP contribution in [0.5, 0.6) is 0 Å². The third-order valence-electron chi connectivity index (χ3n) is 3.41. The zero-order valence-corrected chi connectivity index (χ0v) is 13.9. The van der Waals surface area contributed by atoms with Crippen LogP contribution in [-0.4, -0.2) is 15.6 Å². The Morgan fingerprint density at radius 3 is 2.64 bits per heavy atom. The smallest absolute Gasteiger partial charge is 0.420 e. The second-order valence-corrected chi connectivity index (χ2v) is 7.13. The van der Waals surface area contributed by atoms with Gasteiger partial charge in [0.05, 0.1) is 5.25 Å². The topological polar surface area (TPSA) is 79.3 Å². The van der Waals surface area contributed by atoms with Gasteiger partial charge in [-0.1, -0.05) is 43.3 Å². The summed E-state index contributed by atoms with van der Waals surface area (Å²) in [5, 5.41) is -0.412. The van der Waals surface area contributed by atoms with E-state index < -0.39 is 27.4 Å². The summed E-state index contributed by atoms with van der Waals surface area (Å²) in [6.07, 6.45) is 2.18. The molecular formula is C16H24N2O3S. The highest BCUT2D eigenvalue weighted by atomic mass is 32.2. The summed E-state index contributed by atoms with van der Waals surface area (Å²) in [4.78, 5) is 11.9. The van der Waals surface area contributed by atoms with Crippen LogP contribution in [0.4, 0.5) is 4.79 Å². The van der Waals surface area contributed by atoms with E-state index in [9.17, 15) is 9.00 Å². The number of hydrogen-bond donors (Lipinski definition) is 2. The number of nitrogens with one attached hydrogen (secondary N) is 2. The first-order chi connectivity index (χ1) is 10.4. The van der Waals surface area contributed by atoms with Gasteiger partial charge in [0.1, 0.15) is 16.0 Å². The Bertz CT molecular complexity index is 585. The van der Waals surface area contributed by atoms with Crippen molar-refractivity contribution in [1.82, 2.24) is 4.72 Å². The van der Waals surface area contributed by atoms with Crippen molar-refractivity contribution in [3.8, 4) is 0 Å². The Balaban J connectivity index is 2.64. The van der Waals surface area contributed by atoms with Gasteiger partial charge in [-0.25, -0.2) is 18.5 Å². The van der Waals surface area contributed by atoms with Crippen molar-refractivity contribution in [2.75, 3.05) is 0 Å². The average molecular weight is 324 g/mol. The standard InChI is InChI=1S/C16H24N2O3S/c1-4-6-12-15(5-2)22(17,20)18-16(19)21-13(3)14-10-8-7-9-11-14/h4,7-11,13,15H,1,5-6,12H2,2-3H3,(H2,17,18,19,20). The second kappa shape index (κ2) is 8.58. The summed E-state index contributed by atoms with van der Waals surface area (Å²) in [5.41, 5.74) is 0.841. The molecule has 22 heavy (non-hydrogen) atoms. The van der Waals surface area contributed by atoms with Crippen LogP contribution in [0.2, 0.25) is 0 Å². The first kappa shape index (κ1) is 18.2. The van der Waals surface area contributed by atoms with Gasteiger partial charge in [0.25, 0.3) is 0 Å². The second-order valence-electron chi connectivity index (χ2n) is 5.06. The maximum atomic E-state index is 12.4. The molecule has 0 aliphatic heterocycles. The van der Waals surface area contributed by atoms with E-state index in [0.29, 0.717) is 19.3 Å². The highest BCUT2D eigenvalue weighted by Crippen LogP contribution is 2.17. The molecule has 6 heteroatoms. The summed E-state index contributed by atoms with van der Waals surface area (Å²) >= 11 is 0. The largest absolute Gasteiger partial charge is 0.441 e. The molecule has 0 aliphatic rings. The number of benzene rings is 1. The number of carbonyl (C=O) groups excluding carboxylic acids is 1. The number of hydrogen-bond acceptors (Lipinski definition) is 4. The average Bonchev–Trinajstić information content (AvgIpc) is 2.47. The third-order valence-corrected chi connectivity index (χ3v) is 5.38. The van der Waals surface area contributed by atoms with Crippen molar-refractivity contribution in [2.45, 2.75) is 44.5 Å². The Morgan fingerprint density at radius 2 is 2.09 bits per heavy atom. The molecule has 0 saturated carbocycles. The van der Waals surface area contributed by atoms with Crippen LogP contribution in [0.25, 0.3) is 0 Å². The van der Waals surface area contributed by atoms with Crippen molar-refractivity contribution >= 4 is 16.0 Å². The number of amides is 1. The highest BCUT2D eigenvalue weighted by molar-refractivity contribution is 7.91. The summed E-state index contributed by atoms with van der Waals surface area (Å²) in [5.74, 6) is 0. The lowest BCUT2D eigenvalue weighted by molar-refractivity contribution is 0.113. The van der Waals surface area contributed by atoms with Gasteiger partial charge >= 0.3 is 6.09 Å². The molecular weight excluding hydrogens is 300 g/mol. The first-order valence-electron chi connectivity index (χ1n) is 7.32. The quantitative estimate of drug-likeness (QED) is 0.704. The molecule has 0 bridgehead atoms. The molecule has 1 aromatic carbocycles. The van der Waals surface area contributed by atoms with E-state index in [1.807, 2.05) is 37.3 Å². The van der Waals surface area contributed by atoms with Crippen LogP contribution >= 0.6 is 0 Å². The van der Waals surface area contributed by atoms with Crippen molar-refractivity contribution in [3.05, 3.63) is 48.6 Å². The lowest BCUT2D eigenvalue weighted by Gasteiger charge is -2.20. The fourth-order valence-corrected chi connectivity index (χ4v) is 3.49. The van der Waals surface area contributed by atoms with Gasteiger partial charge < -0.3 is 4.74 Å². The van der Waals surface area contributed by atoms with Crippen LogP contribution in [-0.2, 0) is 14.7 Å².